The molecule has 0 bridgehead atoms. The maximum absolute atomic E-state index is 6.09. The number of guanidine groups is 1. The lowest BCUT2D eigenvalue weighted by Gasteiger charge is -2.41. The molecule has 3 nitrogen and oxygen atoms in total. The van der Waals surface area contributed by atoms with Gasteiger partial charge in [-0.2, -0.15) is 0 Å². The van der Waals surface area contributed by atoms with Gasteiger partial charge in [0.05, 0.1) is 12.1 Å². The van der Waals surface area contributed by atoms with Crippen LogP contribution in [0.15, 0.2) is 4.99 Å². The van der Waals surface area contributed by atoms with Gasteiger partial charge in [-0.25, -0.2) is 0 Å². The molecule has 90 valence electrons. The molecule has 2 fully saturated rings. The number of hydrogen-bond acceptors (Lipinski definition) is 3. The molecule has 3 rings (SSSR count). The fourth-order valence-corrected chi connectivity index (χ4v) is 3.49. The van der Waals surface area contributed by atoms with Gasteiger partial charge >= 0.3 is 0 Å². The molecule has 3 aliphatic rings. The minimum Gasteiger partial charge on any atom is -0.370 e. The zero-order valence-corrected chi connectivity index (χ0v) is 10.1. The van der Waals surface area contributed by atoms with E-state index >= 15 is 0 Å². The highest BCUT2D eigenvalue weighted by Crippen LogP contribution is 2.42. The lowest BCUT2D eigenvalue weighted by Crippen LogP contribution is -2.53. The summed E-state index contributed by atoms with van der Waals surface area (Å²) in [5.74, 6) is 0.836. The molecule has 16 heavy (non-hydrogen) atoms. The maximum Gasteiger partial charge on any atom is 0.192 e. The van der Waals surface area contributed by atoms with Crippen LogP contribution in [0.1, 0.15) is 57.8 Å². The summed E-state index contributed by atoms with van der Waals surface area (Å²) in [4.78, 5) is 7.05. The molecular formula is C13H23N3. The van der Waals surface area contributed by atoms with E-state index in [1.807, 2.05) is 0 Å². The van der Waals surface area contributed by atoms with Gasteiger partial charge < -0.3 is 10.6 Å². The van der Waals surface area contributed by atoms with Crippen molar-refractivity contribution in [1.82, 2.24) is 4.90 Å². The van der Waals surface area contributed by atoms with Gasteiger partial charge in [-0.15, -0.1) is 0 Å². The van der Waals surface area contributed by atoms with Crippen molar-refractivity contribution >= 4 is 5.96 Å². The van der Waals surface area contributed by atoms with Gasteiger partial charge in [0.1, 0.15) is 0 Å². The average molecular weight is 221 g/mol. The molecule has 0 aromatic heterocycles. The third-order valence-electron chi connectivity index (χ3n) is 4.49. The van der Waals surface area contributed by atoms with Crippen LogP contribution in [0.3, 0.4) is 0 Å². The minimum absolute atomic E-state index is 0.325. The molecule has 2 saturated carbocycles. The smallest absolute Gasteiger partial charge is 0.192 e. The van der Waals surface area contributed by atoms with E-state index in [0.717, 1.165) is 18.5 Å². The predicted molar refractivity (Wildman–Crippen MR) is 66.4 cm³/mol. The molecule has 1 heterocycles. The molecule has 0 unspecified atom stereocenters. The summed E-state index contributed by atoms with van der Waals surface area (Å²) in [6.07, 6.45) is 12.3. The maximum atomic E-state index is 6.09. The summed E-state index contributed by atoms with van der Waals surface area (Å²) in [7, 11) is 0. The molecule has 3 heteroatoms. The Morgan fingerprint density at radius 3 is 2.31 bits per heavy atom. The number of nitrogens with zero attached hydrogens (tertiary/aromatic N) is 2. The van der Waals surface area contributed by atoms with Crippen LogP contribution < -0.4 is 5.73 Å². The first-order valence-electron chi connectivity index (χ1n) is 6.91. The summed E-state index contributed by atoms with van der Waals surface area (Å²) in [5, 5.41) is 0. The standard InChI is InChI=1S/C13H23N3/c14-12-15-10-13(16(12)11-6-7-11)8-4-2-1-3-5-9-13/h11H,1-10H2,(H2,14,15). The molecule has 2 aliphatic carbocycles. The van der Waals surface area contributed by atoms with E-state index in [2.05, 4.69) is 9.89 Å². The Labute approximate surface area is 98.1 Å². The molecule has 0 aromatic rings. The third kappa shape index (κ3) is 1.70. The lowest BCUT2D eigenvalue weighted by molar-refractivity contribution is 0.148. The van der Waals surface area contributed by atoms with Crippen LogP contribution in [-0.4, -0.2) is 29.0 Å². The van der Waals surface area contributed by atoms with Crippen LogP contribution in [0.2, 0.25) is 0 Å². The van der Waals surface area contributed by atoms with E-state index in [1.54, 1.807) is 0 Å². The van der Waals surface area contributed by atoms with Gasteiger partial charge in [0, 0.05) is 6.04 Å². The highest BCUT2D eigenvalue weighted by atomic mass is 15.4. The second-order valence-electron chi connectivity index (χ2n) is 5.77. The third-order valence-corrected chi connectivity index (χ3v) is 4.49. The number of rotatable bonds is 1. The van der Waals surface area contributed by atoms with E-state index in [1.165, 1.54) is 57.8 Å². The van der Waals surface area contributed by atoms with Crippen molar-refractivity contribution in [3.05, 3.63) is 0 Å². The van der Waals surface area contributed by atoms with Crippen molar-refractivity contribution in [2.45, 2.75) is 69.4 Å². The summed E-state index contributed by atoms with van der Waals surface area (Å²) >= 11 is 0. The monoisotopic (exact) mass is 221 g/mol. The van der Waals surface area contributed by atoms with Crippen molar-refractivity contribution in [3.63, 3.8) is 0 Å². The van der Waals surface area contributed by atoms with E-state index in [0.29, 0.717) is 5.54 Å². The first-order valence-corrected chi connectivity index (χ1v) is 6.91. The summed E-state index contributed by atoms with van der Waals surface area (Å²) in [6.45, 7) is 0.968. The Balaban J connectivity index is 1.78. The van der Waals surface area contributed by atoms with Gasteiger partial charge in [0.15, 0.2) is 5.96 Å². The Kier molecular flexibility index (Phi) is 2.56. The van der Waals surface area contributed by atoms with Crippen LogP contribution in [0, 0.1) is 0 Å². The highest BCUT2D eigenvalue weighted by Gasteiger charge is 2.47. The predicted octanol–water partition coefficient (Wildman–Crippen LogP) is 2.26. The normalized spacial score (nSPS) is 30.0. The van der Waals surface area contributed by atoms with Crippen LogP contribution in [0.5, 0.6) is 0 Å². The van der Waals surface area contributed by atoms with Gasteiger partial charge in [0.25, 0.3) is 0 Å². The first kappa shape index (κ1) is 10.4. The van der Waals surface area contributed by atoms with E-state index in [9.17, 15) is 0 Å². The van der Waals surface area contributed by atoms with Gasteiger partial charge in [-0.3, -0.25) is 4.99 Å². The zero-order valence-electron chi connectivity index (χ0n) is 10.1. The number of nitrogens with two attached hydrogens (primary N) is 1. The van der Waals surface area contributed by atoms with Crippen molar-refractivity contribution in [1.29, 1.82) is 0 Å². The summed E-state index contributed by atoms with van der Waals surface area (Å²) < 4.78 is 0. The number of aliphatic imine (C=N–C) groups is 1. The Morgan fingerprint density at radius 1 is 1.06 bits per heavy atom. The SMILES string of the molecule is NC1=NCC2(CCCCCCC2)N1C1CC1. The largest absolute Gasteiger partial charge is 0.370 e. The average Bonchev–Trinajstić information content (AvgIpc) is 3.00. The van der Waals surface area contributed by atoms with E-state index in [-0.39, 0.29) is 0 Å². The van der Waals surface area contributed by atoms with Crippen molar-refractivity contribution in [2.24, 2.45) is 10.7 Å². The van der Waals surface area contributed by atoms with Crippen molar-refractivity contribution in [2.75, 3.05) is 6.54 Å². The Bertz CT molecular complexity index is 286. The molecule has 0 aromatic carbocycles. The summed E-state index contributed by atoms with van der Waals surface area (Å²) in [6, 6.07) is 0.727. The topological polar surface area (TPSA) is 41.6 Å². The van der Waals surface area contributed by atoms with Gasteiger partial charge in [-0.1, -0.05) is 32.1 Å². The highest BCUT2D eigenvalue weighted by molar-refractivity contribution is 5.81. The van der Waals surface area contributed by atoms with Crippen LogP contribution in [0.25, 0.3) is 0 Å². The lowest BCUT2D eigenvalue weighted by atomic mass is 9.83. The Morgan fingerprint density at radius 2 is 1.69 bits per heavy atom. The molecule has 0 radical (unpaired) electrons. The summed E-state index contributed by atoms with van der Waals surface area (Å²) in [5.41, 5.74) is 6.42. The van der Waals surface area contributed by atoms with E-state index < -0.39 is 0 Å². The molecule has 1 spiro atoms. The second-order valence-corrected chi connectivity index (χ2v) is 5.77. The Hall–Kier alpha value is -0.730. The molecular weight excluding hydrogens is 198 g/mol. The van der Waals surface area contributed by atoms with Crippen molar-refractivity contribution in [3.8, 4) is 0 Å². The fourth-order valence-electron chi connectivity index (χ4n) is 3.49. The van der Waals surface area contributed by atoms with Crippen LogP contribution in [-0.2, 0) is 0 Å². The van der Waals surface area contributed by atoms with Crippen LogP contribution in [0.4, 0.5) is 0 Å². The molecule has 1 aliphatic heterocycles. The quantitative estimate of drug-likeness (QED) is 0.738. The van der Waals surface area contributed by atoms with Gasteiger partial charge in [-0.05, 0) is 25.7 Å². The van der Waals surface area contributed by atoms with Crippen molar-refractivity contribution < 1.29 is 0 Å². The van der Waals surface area contributed by atoms with Gasteiger partial charge in [0.2, 0.25) is 0 Å². The van der Waals surface area contributed by atoms with E-state index in [4.69, 9.17) is 5.73 Å². The first-order chi connectivity index (χ1) is 7.82. The zero-order chi connectivity index (χ0) is 11.0. The number of hydrogen-bond donors (Lipinski definition) is 1. The molecule has 0 atom stereocenters. The molecule has 0 amide bonds. The second kappa shape index (κ2) is 3.94. The molecule has 0 saturated heterocycles. The minimum atomic E-state index is 0.325. The van der Waals surface area contributed by atoms with Crippen LogP contribution >= 0.6 is 0 Å². The fraction of sp³-hybridized carbons (Fsp3) is 0.923. The molecule has 2 N–H and O–H groups in total.